The summed E-state index contributed by atoms with van der Waals surface area (Å²) in [5.74, 6) is -1.24. The van der Waals surface area contributed by atoms with Crippen molar-refractivity contribution in [3.8, 4) is 0 Å². The summed E-state index contributed by atoms with van der Waals surface area (Å²) in [6.45, 7) is 0.280. The van der Waals surface area contributed by atoms with Gasteiger partial charge in [0.05, 0.1) is 0 Å². The van der Waals surface area contributed by atoms with Crippen LogP contribution in [0.3, 0.4) is 0 Å². The molecule has 1 heterocycles. The van der Waals surface area contributed by atoms with Crippen LogP contribution in [0.15, 0.2) is 5.38 Å². The molecule has 0 aliphatic carbocycles. The monoisotopic (exact) mass is 262 g/mol. The summed E-state index contributed by atoms with van der Waals surface area (Å²) in [6.07, 6.45) is 1.54. The number of carboxylic acid groups (broad SMARTS) is 1. The number of thiazole rings is 1. The lowest BCUT2D eigenvalue weighted by Crippen LogP contribution is -2.27. The number of amides is 1. The van der Waals surface area contributed by atoms with Crippen LogP contribution in [-0.2, 0) is 10.8 Å². The van der Waals surface area contributed by atoms with E-state index in [9.17, 15) is 13.8 Å². The highest BCUT2D eigenvalue weighted by molar-refractivity contribution is 7.84. The second-order valence-corrected chi connectivity index (χ2v) is 5.29. The van der Waals surface area contributed by atoms with Gasteiger partial charge in [-0.3, -0.25) is 9.00 Å². The van der Waals surface area contributed by atoms with E-state index in [0.717, 1.165) is 11.3 Å². The number of aromatic nitrogens is 1. The highest BCUT2D eigenvalue weighted by Crippen LogP contribution is 2.09. The minimum Gasteiger partial charge on any atom is -0.476 e. The maximum Gasteiger partial charge on any atom is 0.365 e. The van der Waals surface area contributed by atoms with Gasteiger partial charge >= 0.3 is 5.97 Å². The Morgan fingerprint density at radius 1 is 1.62 bits per heavy atom. The molecule has 1 amide bonds. The number of hydrogen-bond donors (Lipinski definition) is 2. The summed E-state index contributed by atoms with van der Waals surface area (Å²) < 4.78 is 10.7. The summed E-state index contributed by atoms with van der Waals surface area (Å²) in [4.78, 5) is 25.6. The molecule has 6 nitrogen and oxygen atoms in total. The lowest BCUT2D eigenvalue weighted by molar-refractivity contribution is 0.0696. The number of carbonyl (C=O) groups excluding carboxylic acids is 1. The molecule has 0 aliphatic heterocycles. The molecule has 1 rings (SSSR count). The number of carboxylic acids is 1. The van der Waals surface area contributed by atoms with Crippen molar-refractivity contribution < 1.29 is 18.9 Å². The molecule has 0 aromatic carbocycles. The smallest absolute Gasteiger partial charge is 0.365 e. The summed E-state index contributed by atoms with van der Waals surface area (Å²) in [5, 5.41) is 12.4. The van der Waals surface area contributed by atoms with Gasteiger partial charge in [0.15, 0.2) is 0 Å². The molecule has 1 aromatic rings. The summed E-state index contributed by atoms with van der Waals surface area (Å²) >= 11 is 0.894. The first kappa shape index (κ1) is 12.8. The molecule has 0 saturated carbocycles. The van der Waals surface area contributed by atoms with Crippen LogP contribution in [0.1, 0.15) is 20.3 Å². The van der Waals surface area contributed by atoms with Gasteiger partial charge in [-0.1, -0.05) is 0 Å². The van der Waals surface area contributed by atoms with E-state index in [1.54, 1.807) is 0 Å². The largest absolute Gasteiger partial charge is 0.476 e. The maximum absolute atomic E-state index is 11.4. The predicted molar refractivity (Wildman–Crippen MR) is 60.3 cm³/mol. The first-order valence-electron chi connectivity index (χ1n) is 4.27. The fourth-order valence-corrected chi connectivity index (χ4v) is 1.90. The fraction of sp³-hybridized carbons (Fsp3) is 0.375. The van der Waals surface area contributed by atoms with Crippen molar-refractivity contribution in [3.63, 3.8) is 0 Å². The quantitative estimate of drug-likeness (QED) is 0.775. The van der Waals surface area contributed by atoms with Gasteiger partial charge in [0, 0.05) is 34.7 Å². The highest BCUT2D eigenvalue weighted by atomic mass is 32.2. The maximum atomic E-state index is 11.4. The zero-order valence-corrected chi connectivity index (χ0v) is 10.1. The van der Waals surface area contributed by atoms with Crippen molar-refractivity contribution in [1.29, 1.82) is 0 Å². The van der Waals surface area contributed by atoms with E-state index < -0.39 is 22.7 Å². The van der Waals surface area contributed by atoms with Crippen LogP contribution in [-0.4, -0.2) is 44.7 Å². The highest BCUT2D eigenvalue weighted by Gasteiger charge is 2.13. The van der Waals surface area contributed by atoms with Crippen molar-refractivity contribution in [2.75, 3.05) is 18.6 Å². The Hall–Kier alpha value is -1.28. The Bertz CT molecular complexity index is 429. The first-order chi connectivity index (χ1) is 7.50. The Labute approximate surface area is 98.2 Å². The molecule has 0 bridgehead atoms. The van der Waals surface area contributed by atoms with E-state index in [2.05, 4.69) is 10.3 Å². The average molecular weight is 262 g/mol. The van der Waals surface area contributed by atoms with E-state index in [0.29, 0.717) is 5.75 Å². The number of nitrogens with zero attached hydrogens (tertiary/aromatic N) is 1. The van der Waals surface area contributed by atoms with Gasteiger partial charge in [0.2, 0.25) is 5.01 Å². The molecule has 16 heavy (non-hydrogen) atoms. The zero-order chi connectivity index (χ0) is 12.1. The zero-order valence-electron chi connectivity index (χ0n) is 8.43. The van der Waals surface area contributed by atoms with E-state index >= 15 is 0 Å². The summed E-state index contributed by atoms with van der Waals surface area (Å²) in [6, 6.07) is 0. The van der Waals surface area contributed by atoms with Crippen LogP contribution in [0.4, 0.5) is 0 Å². The first-order valence-corrected chi connectivity index (χ1v) is 6.88. The molecule has 8 heteroatoms. The Balaban J connectivity index is 2.53. The summed E-state index contributed by atoms with van der Waals surface area (Å²) in [5.41, 5.74) is 0.0734. The van der Waals surface area contributed by atoms with Crippen LogP contribution < -0.4 is 5.32 Å². The van der Waals surface area contributed by atoms with E-state index in [1.165, 1.54) is 11.6 Å². The van der Waals surface area contributed by atoms with Crippen molar-refractivity contribution in [2.24, 2.45) is 0 Å². The predicted octanol–water partition coefficient (Wildman–Crippen LogP) is -0.0504. The van der Waals surface area contributed by atoms with E-state index in [1.807, 2.05) is 0 Å². The van der Waals surface area contributed by atoms with Gasteiger partial charge in [-0.2, -0.15) is 0 Å². The normalized spacial score (nSPS) is 12.1. The molecule has 88 valence electrons. The van der Waals surface area contributed by atoms with Crippen molar-refractivity contribution in [1.82, 2.24) is 10.3 Å². The molecule has 0 radical (unpaired) electrons. The molecule has 1 atom stereocenters. The molecule has 0 aliphatic rings. The number of aromatic carboxylic acids is 1. The van der Waals surface area contributed by atoms with Crippen LogP contribution in [0, 0.1) is 0 Å². The fourth-order valence-electron chi connectivity index (χ4n) is 0.875. The summed E-state index contributed by atoms with van der Waals surface area (Å²) in [7, 11) is -0.967. The van der Waals surface area contributed by atoms with Crippen LogP contribution in [0.25, 0.3) is 0 Å². The van der Waals surface area contributed by atoms with Crippen molar-refractivity contribution in [2.45, 2.75) is 0 Å². The van der Waals surface area contributed by atoms with Gasteiger partial charge < -0.3 is 10.4 Å². The van der Waals surface area contributed by atoms with Gasteiger partial charge in [-0.05, 0) is 0 Å². The molecular weight excluding hydrogens is 252 g/mol. The third-order valence-corrected chi connectivity index (χ3v) is 3.20. The molecule has 1 unspecified atom stereocenters. The second-order valence-electron chi connectivity index (χ2n) is 2.88. The van der Waals surface area contributed by atoms with Crippen LogP contribution in [0.5, 0.6) is 0 Å². The molecular formula is C8H10N2O4S2. The number of carbonyl (C=O) groups is 2. The average Bonchev–Trinajstić information content (AvgIpc) is 2.65. The van der Waals surface area contributed by atoms with E-state index in [4.69, 9.17) is 5.11 Å². The lowest BCUT2D eigenvalue weighted by atomic mass is 10.4. The Morgan fingerprint density at radius 3 is 2.81 bits per heavy atom. The molecule has 0 spiro atoms. The van der Waals surface area contributed by atoms with Crippen molar-refractivity contribution in [3.05, 3.63) is 16.1 Å². The van der Waals surface area contributed by atoms with Gasteiger partial charge in [0.1, 0.15) is 5.69 Å². The Kier molecular flexibility index (Phi) is 4.56. The number of hydrogen-bond acceptors (Lipinski definition) is 5. The van der Waals surface area contributed by atoms with Gasteiger partial charge in [-0.25, -0.2) is 9.78 Å². The Morgan fingerprint density at radius 2 is 2.31 bits per heavy atom. The SMILES string of the molecule is CS(=O)CCNC(=O)c1csc(C(=O)O)n1. The molecule has 0 saturated heterocycles. The van der Waals surface area contributed by atoms with Crippen LogP contribution in [0.2, 0.25) is 0 Å². The van der Waals surface area contributed by atoms with Gasteiger partial charge in [0.25, 0.3) is 5.91 Å². The molecule has 1 aromatic heterocycles. The van der Waals surface area contributed by atoms with Crippen molar-refractivity contribution >= 4 is 34.0 Å². The minimum absolute atomic E-state index is 0.0734. The van der Waals surface area contributed by atoms with Crippen LogP contribution >= 0.6 is 11.3 Å². The third kappa shape index (κ3) is 3.70. The second kappa shape index (κ2) is 5.71. The number of rotatable bonds is 5. The molecule has 0 fully saturated rings. The third-order valence-electron chi connectivity index (χ3n) is 1.59. The minimum atomic E-state index is -1.15. The standard InChI is InChI=1S/C8H10N2O4S2/c1-16(14)3-2-9-6(11)5-4-15-7(10-5)8(12)13/h4H,2-3H2,1H3,(H,9,11)(H,12,13). The van der Waals surface area contributed by atoms with Gasteiger partial charge in [-0.15, -0.1) is 11.3 Å². The van der Waals surface area contributed by atoms with E-state index in [-0.39, 0.29) is 17.2 Å². The topological polar surface area (TPSA) is 96.4 Å². The molecule has 2 N–H and O–H groups in total. The number of nitrogens with one attached hydrogen (secondary N) is 1. The lowest BCUT2D eigenvalue weighted by Gasteiger charge is -2.00.